The van der Waals surface area contributed by atoms with Crippen LogP contribution in [0.15, 0.2) is 28.7 Å². The minimum Gasteiger partial charge on any atom is -0.440 e. The molecule has 0 radical (unpaired) electrons. The zero-order valence-corrected chi connectivity index (χ0v) is 8.93. The van der Waals surface area contributed by atoms with Gasteiger partial charge >= 0.3 is 0 Å². The predicted molar refractivity (Wildman–Crippen MR) is 60.2 cm³/mol. The maximum absolute atomic E-state index is 10.7. The largest absolute Gasteiger partial charge is 0.440 e. The summed E-state index contributed by atoms with van der Waals surface area (Å²) in [5, 5.41) is 0. The van der Waals surface area contributed by atoms with E-state index < -0.39 is 0 Å². The van der Waals surface area contributed by atoms with Gasteiger partial charge in [-0.1, -0.05) is 12.1 Å². The van der Waals surface area contributed by atoms with Gasteiger partial charge in [0.1, 0.15) is 11.8 Å². The van der Waals surface area contributed by atoms with Gasteiger partial charge in [0.2, 0.25) is 0 Å². The molecule has 0 spiro atoms. The molecule has 16 heavy (non-hydrogen) atoms. The smallest absolute Gasteiger partial charge is 0.198 e. The molecule has 0 aliphatic heterocycles. The Bertz CT molecular complexity index is 484. The third-order valence-corrected chi connectivity index (χ3v) is 3.33. The Morgan fingerprint density at radius 2 is 2.19 bits per heavy atom. The highest BCUT2D eigenvalue weighted by molar-refractivity contribution is 5.72. The first kappa shape index (κ1) is 9.58. The predicted octanol–water partition coefficient (Wildman–Crippen LogP) is 2.91. The van der Waals surface area contributed by atoms with Crippen LogP contribution in [0.2, 0.25) is 0 Å². The highest BCUT2D eigenvalue weighted by Gasteiger charge is 2.28. The highest BCUT2D eigenvalue weighted by atomic mass is 16.3. The molecule has 0 saturated heterocycles. The molecule has 1 aromatic carbocycles. The van der Waals surface area contributed by atoms with Crippen LogP contribution < -0.4 is 0 Å². The number of rotatable bonds is 2. The molecule has 1 aromatic heterocycles. The Morgan fingerprint density at radius 1 is 1.31 bits per heavy atom. The van der Waals surface area contributed by atoms with Gasteiger partial charge in [0.25, 0.3) is 0 Å². The van der Waals surface area contributed by atoms with Crippen LogP contribution >= 0.6 is 0 Å². The SMILES string of the molecule is O=CC1CCC(c2nc3ccccc3o2)C1. The van der Waals surface area contributed by atoms with Crippen molar-refractivity contribution in [2.24, 2.45) is 5.92 Å². The topological polar surface area (TPSA) is 43.1 Å². The van der Waals surface area contributed by atoms with Crippen LogP contribution in [-0.2, 0) is 4.79 Å². The second-order valence-corrected chi connectivity index (χ2v) is 4.43. The monoisotopic (exact) mass is 215 g/mol. The summed E-state index contributed by atoms with van der Waals surface area (Å²) in [5.74, 6) is 1.31. The van der Waals surface area contributed by atoms with E-state index in [2.05, 4.69) is 4.98 Å². The Labute approximate surface area is 93.5 Å². The molecule has 1 heterocycles. The molecule has 3 nitrogen and oxygen atoms in total. The molecule has 2 unspecified atom stereocenters. The van der Waals surface area contributed by atoms with Crippen LogP contribution in [0.3, 0.4) is 0 Å². The fraction of sp³-hybridized carbons (Fsp3) is 0.385. The first-order valence-corrected chi connectivity index (χ1v) is 5.67. The third-order valence-electron chi connectivity index (χ3n) is 3.33. The molecule has 0 N–H and O–H groups in total. The van der Waals surface area contributed by atoms with Crippen molar-refractivity contribution in [2.75, 3.05) is 0 Å². The van der Waals surface area contributed by atoms with E-state index in [9.17, 15) is 4.79 Å². The lowest BCUT2D eigenvalue weighted by Gasteiger charge is -2.02. The van der Waals surface area contributed by atoms with Crippen molar-refractivity contribution in [3.63, 3.8) is 0 Å². The Balaban J connectivity index is 1.92. The number of hydrogen-bond donors (Lipinski definition) is 0. The van der Waals surface area contributed by atoms with E-state index in [-0.39, 0.29) is 5.92 Å². The summed E-state index contributed by atoms with van der Waals surface area (Å²) >= 11 is 0. The van der Waals surface area contributed by atoms with E-state index in [0.717, 1.165) is 42.5 Å². The van der Waals surface area contributed by atoms with Gasteiger partial charge in [-0.3, -0.25) is 0 Å². The molecule has 2 atom stereocenters. The van der Waals surface area contributed by atoms with E-state index in [1.54, 1.807) is 0 Å². The summed E-state index contributed by atoms with van der Waals surface area (Å²) in [4.78, 5) is 15.2. The summed E-state index contributed by atoms with van der Waals surface area (Å²) < 4.78 is 5.72. The summed E-state index contributed by atoms with van der Waals surface area (Å²) in [5.41, 5.74) is 1.75. The van der Waals surface area contributed by atoms with Crippen LogP contribution in [-0.4, -0.2) is 11.3 Å². The number of aldehydes is 1. The first-order valence-electron chi connectivity index (χ1n) is 5.67. The quantitative estimate of drug-likeness (QED) is 0.723. The number of aromatic nitrogens is 1. The molecule has 2 aromatic rings. The molecular formula is C13H13NO2. The van der Waals surface area contributed by atoms with Gasteiger partial charge in [-0.15, -0.1) is 0 Å². The summed E-state index contributed by atoms with van der Waals surface area (Å²) in [6.07, 6.45) is 3.92. The Hall–Kier alpha value is -1.64. The van der Waals surface area contributed by atoms with Crippen molar-refractivity contribution < 1.29 is 9.21 Å². The van der Waals surface area contributed by atoms with Crippen molar-refractivity contribution in [2.45, 2.75) is 25.2 Å². The van der Waals surface area contributed by atoms with Gasteiger partial charge in [-0.2, -0.15) is 0 Å². The fourth-order valence-electron chi connectivity index (χ4n) is 2.43. The maximum Gasteiger partial charge on any atom is 0.198 e. The molecule has 1 saturated carbocycles. The van der Waals surface area contributed by atoms with Crippen molar-refractivity contribution in [1.29, 1.82) is 0 Å². The van der Waals surface area contributed by atoms with Crippen LogP contribution in [0.5, 0.6) is 0 Å². The maximum atomic E-state index is 10.7. The summed E-state index contributed by atoms with van der Waals surface area (Å²) in [6, 6.07) is 7.78. The number of oxazole rings is 1. The second kappa shape index (κ2) is 3.74. The van der Waals surface area contributed by atoms with E-state index in [4.69, 9.17) is 4.42 Å². The molecule has 1 fully saturated rings. The van der Waals surface area contributed by atoms with E-state index >= 15 is 0 Å². The fourth-order valence-corrected chi connectivity index (χ4v) is 2.43. The molecule has 1 aliphatic rings. The lowest BCUT2D eigenvalue weighted by molar-refractivity contribution is -0.110. The number of hydrogen-bond acceptors (Lipinski definition) is 3. The average molecular weight is 215 g/mol. The third kappa shape index (κ3) is 1.52. The minimum atomic E-state index is 0.194. The first-order chi connectivity index (χ1) is 7.86. The summed E-state index contributed by atoms with van der Waals surface area (Å²) in [7, 11) is 0. The number of carbonyl (C=O) groups is 1. The van der Waals surface area contributed by atoms with Crippen LogP contribution in [0.25, 0.3) is 11.1 Å². The Morgan fingerprint density at radius 3 is 2.94 bits per heavy atom. The van der Waals surface area contributed by atoms with Crippen LogP contribution in [0.4, 0.5) is 0 Å². The molecule has 3 rings (SSSR count). The van der Waals surface area contributed by atoms with E-state index in [1.807, 2.05) is 24.3 Å². The second-order valence-electron chi connectivity index (χ2n) is 4.43. The molecule has 3 heteroatoms. The van der Waals surface area contributed by atoms with Crippen LogP contribution in [0.1, 0.15) is 31.1 Å². The van der Waals surface area contributed by atoms with Gasteiger partial charge in [0, 0.05) is 11.8 Å². The van der Waals surface area contributed by atoms with Crippen molar-refractivity contribution in [3.8, 4) is 0 Å². The van der Waals surface area contributed by atoms with Gasteiger partial charge in [0.05, 0.1) is 0 Å². The number of fused-ring (bicyclic) bond motifs is 1. The molecule has 1 aliphatic carbocycles. The zero-order valence-electron chi connectivity index (χ0n) is 8.93. The van der Waals surface area contributed by atoms with Crippen molar-refractivity contribution in [1.82, 2.24) is 4.98 Å². The number of carbonyl (C=O) groups excluding carboxylic acids is 1. The van der Waals surface area contributed by atoms with Crippen molar-refractivity contribution in [3.05, 3.63) is 30.2 Å². The normalized spacial score (nSPS) is 25.0. The highest BCUT2D eigenvalue weighted by Crippen LogP contribution is 2.37. The molecule has 0 bridgehead atoms. The van der Waals surface area contributed by atoms with Crippen LogP contribution in [0, 0.1) is 5.92 Å². The number of benzene rings is 1. The number of para-hydroxylation sites is 2. The summed E-state index contributed by atoms with van der Waals surface area (Å²) in [6.45, 7) is 0. The van der Waals surface area contributed by atoms with Gasteiger partial charge < -0.3 is 9.21 Å². The molecule has 82 valence electrons. The lowest BCUT2D eigenvalue weighted by atomic mass is 10.1. The lowest BCUT2D eigenvalue weighted by Crippen LogP contribution is -1.96. The molecule has 0 amide bonds. The standard InChI is InChI=1S/C13H13NO2/c15-8-9-5-6-10(7-9)13-14-11-3-1-2-4-12(11)16-13/h1-4,8-10H,5-7H2. The van der Waals surface area contributed by atoms with E-state index in [1.165, 1.54) is 0 Å². The zero-order chi connectivity index (χ0) is 11.0. The minimum absolute atomic E-state index is 0.194. The number of nitrogens with zero attached hydrogens (tertiary/aromatic N) is 1. The van der Waals surface area contributed by atoms with Crippen molar-refractivity contribution >= 4 is 17.4 Å². The van der Waals surface area contributed by atoms with Gasteiger partial charge in [-0.05, 0) is 31.4 Å². The van der Waals surface area contributed by atoms with Gasteiger partial charge in [-0.25, -0.2) is 4.98 Å². The van der Waals surface area contributed by atoms with E-state index in [0.29, 0.717) is 5.92 Å². The average Bonchev–Trinajstić information content (AvgIpc) is 2.95. The Kier molecular flexibility index (Phi) is 2.24. The van der Waals surface area contributed by atoms with Gasteiger partial charge in [0.15, 0.2) is 11.5 Å². The molecular weight excluding hydrogens is 202 g/mol.